The third-order valence-electron chi connectivity index (χ3n) is 2.96. The summed E-state index contributed by atoms with van der Waals surface area (Å²) >= 11 is 5.77. The highest BCUT2D eigenvalue weighted by Gasteiger charge is 2.33. The van der Waals surface area contributed by atoms with E-state index in [1.54, 1.807) is 0 Å². The first-order valence-corrected chi connectivity index (χ1v) is 5.33. The van der Waals surface area contributed by atoms with Crippen molar-refractivity contribution in [1.29, 1.82) is 0 Å². The summed E-state index contributed by atoms with van der Waals surface area (Å²) < 4.78 is 0.837. The van der Waals surface area contributed by atoms with Crippen molar-refractivity contribution in [3.63, 3.8) is 0 Å². The Morgan fingerprint density at radius 3 is 2.47 bits per heavy atom. The van der Waals surface area contributed by atoms with Crippen LogP contribution in [0.4, 0.5) is 5.69 Å². The quantitative estimate of drug-likeness (QED) is 0.643. The SMILES string of the molecule is CN[N+]1(c2ccc(Cl)nc2)CCCC1.Cl. The van der Waals surface area contributed by atoms with Crippen molar-refractivity contribution < 1.29 is 0 Å². The molecule has 0 unspecified atom stereocenters. The van der Waals surface area contributed by atoms with Crippen molar-refractivity contribution in [1.82, 2.24) is 15.0 Å². The average molecular weight is 249 g/mol. The zero-order valence-corrected chi connectivity index (χ0v) is 10.3. The smallest absolute Gasteiger partial charge is 0.170 e. The van der Waals surface area contributed by atoms with Gasteiger partial charge in [0, 0.05) is 26.0 Å². The Morgan fingerprint density at radius 1 is 1.33 bits per heavy atom. The van der Waals surface area contributed by atoms with Gasteiger partial charge >= 0.3 is 0 Å². The van der Waals surface area contributed by atoms with Crippen LogP contribution in [0.1, 0.15) is 12.8 Å². The highest BCUT2D eigenvalue weighted by atomic mass is 35.5. The molecule has 1 aromatic rings. The van der Waals surface area contributed by atoms with Crippen molar-refractivity contribution in [3.05, 3.63) is 23.5 Å². The monoisotopic (exact) mass is 248 g/mol. The summed E-state index contributed by atoms with van der Waals surface area (Å²) in [5, 5.41) is 0.558. The Balaban J connectivity index is 0.00000112. The summed E-state index contributed by atoms with van der Waals surface area (Å²) in [6.07, 6.45) is 4.40. The van der Waals surface area contributed by atoms with Gasteiger partial charge in [-0.25, -0.2) is 9.58 Å². The normalized spacial score (nSPS) is 18.5. The number of quaternary nitrogens is 1. The van der Waals surface area contributed by atoms with Gasteiger partial charge in [-0.15, -0.1) is 12.4 Å². The molecule has 1 aliphatic rings. The zero-order chi connectivity index (χ0) is 10.0. The van der Waals surface area contributed by atoms with E-state index in [0.717, 1.165) is 17.7 Å². The van der Waals surface area contributed by atoms with Crippen LogP contribution in [0, 0.1) is 0 Å². The Bertz CT molecular complexity index is 307. The van der Waals surface area contributed by atoms with E-state index in [1.165, 1.54) is 18.5 Å². The molecule has 0 atom stereocenters. The molecular weight excluding hydrogens is 233 g/mol. The van der Waals surface area contributed by atoms with E-state index in [0.29, 0.717) is 5.15 Å². The van der Waals surface area contributed by atoms with Crippen molar-refractivity contribution >= 4 is 29.7 Å². The first kappa shape index (κ1) is 12.7. The fourth-order valence-electron chi connectivity index (χ4n) is 2.11. The third-order valence-corrected chi connectivity index (χ3v) is 3.19. The lowest BCUT2D eigenvalue weighted by molar-refractivity contribution is 0.259. The van der Waals surface area contributed by atoms with Gasteiger partial charge in [0.15, 0.2) is 5.69 Å². The van der Waals surface area contributed by atoms with E-state index < -0.39 is 0 Å². The van der Waals surface area contributed by atoms with Crippen molar-refractivity contribution in [2.24, 2.45) is 0 Å². The van der Waals surface area contributed by atoms with Gasteiger partial charge in [-0.1, -0.05) is 11.6 Å². The fourth-order valence-corrected chi connectivity index (χ4v) is 2.22. The first-order valence-electron chi connectivity index (χ1n) is 4.95. The fraction of sp³-hybridized carbons (Fsp3) is 0.500. The Labute approximate surface area is 101 Å². The number of rotatable bonds is 2. The van der Waals surface area contributed by atoms with Gasteiger partial charge in [-0.05, 0) is 6.07 Å². The van der Waals surface area contributed by atoms with Gasteiger partial charge in [0.2, 0.25) is 0 Å². The zero-order valence-electron chi connectivity index (χ0n) is 8.74. The minimum atomic E-state index is 0. The molecule has 0 saturated carbocycles. The molecular formula is C10H16Cl2N3+. The topological polar surface area (TPSA) is 24.9 Å². The van der Waals surface area contributed by atoms with Crippen molar-refractivity contribution in [2.75, 3.05) is 20.1 Å². The van der Waals surface area contributed by atoms with Crippen molar-refractivity contribution in [3.8, 4) is 0 Å². The maximum absolute atomic E-state index is 5.77. The van der Waals surface area contributed by atoms with Crippen LogP contribution in [0.15, 0.2) is 18.3 Å². The second-order valence-corrected chi connectivity index (χ2v) is 4.07. The van der Waals surface area contributed by atoms with Gasteiger partial charge in [0.05, 0.1) is 6.20 Å². The molecule has 5 heteroatoms. The largest absolute Gasteiger partial charge is 0.238 e. The standard InChI is InChI=1S/C10H15ClN3.ClH/c1-12-14(6-2-3-7-14)9-4-5-10(11)13-8-9;/h4-5,8,12H,2-3,6-7H2,1H3;1H/q+1;. The van der Waals surface area contributed by atoms with E-state index in [-0.39, 0.29) is 12.4 Å². The predicted molar refractivity (Wildman–Crippen MR) is 66.3 cm³/mol. The van der Waals surface area contributed by atoms with Gasteiger partial charge in [-0.2, -0.15) is 5.43 Å². The summed E-state index contributed by atoms with van der Waals surface area (Å²) in [6.45, 7) is 2.28. The van der Waals surface area contributed by atoms with E-state index in [1.807, 2.05) is 19.3 Å². The molecule has 0 spiro atoms. The van der Waals surface area contributed by atoms with E-state index >= 15 is 0 Å². The highest BCUT2D eigenvalue weighted by Crippen LogP contribution is 2.26. The van der Waals surface area contributed by atoms with Crippen LogP contribution in [0.5, 0.6) is 0 Å². The number of hydrogen-bond donors (Lipinski definition) is 1. The summed E-state index contributed by atoms with van der Waals surface area (Å²) in [5.41, 5.74) is 4.57. The predicted octanol–water partition coefficient (Wildman–Crippen LogP) is 2.39. The molecule has 1 fully saturated rings. The number of nitrogens with zero attached hydrogens (tertiary/aromatic N) is 2. The lowest BCUT2D eigenvalue weighted by Crippen LogP contribution is -2.55. The highest BCUT2D eigenvalue weighted by molar-refractivity contribution is 6.29. The van der Waals surface area contributed by atoms with Crippen LogP contribution < -0.4 is 10.0 Å². The van der Waals surface area contributed by atoms with Gasteiger partial charge in [0.25, 0.3) is 0 Å². The molecule has 0 amide bonds. The maximum Gasteiger partial charge on any atom is 0.170 e. The molecule has 3 nitrogen and oxygen atoms in total. The van der Waals surface area contributed by atoms with Gasteiger partial charge < -0.3 is 0 Å². The number of nitrogens with one attached hydrogen (secondary N) is 1. The minimum Gasteiger partial charge on any atom is -0.238 e. The molecule has 1 aromatic heterocycles. The molecule has 1 aliphatic heterocycles. The number of hydrogen-bond acceptors (Lipinski definition) is 2. The van der Waals surface area contributed by atoms with Crippen LogP contribution in [-0.2, 0) is 0 Å². The first-order chi connectivity index (χ1) is 6.77. The molecule has 15 heavy (non-hydrogen) atoms. The summed E-state index contributed by atoms with van der Waals surface area (Å²) in [7, 11) is 2.00. The lowest BCUT2D eigenvalue weighted by atomic mass is 10.3. The molecule has 2 rings (SSSR count). The minimum absolute atomic E-state index is 0. The Hall–Kier alpha value is -0.350. The number of pyridine rings is 1. The van der Waals surface area contributed by atoms with E-state index in [4.69, 9.17) is 11.6 Å². The summed E-state index contributed by atoms with van der Waals surface area (Å²) in [5.74, 6) is 0. The summed E-state index contributed by atoms with van der Waals surface area (Å²) in [4.78, 5) is 4.13. The second kappa shape index (κ2) is 5.12. The van der Waals surface area contributed by atoms with Crippen molar-refractivity contribution in [2.45, 2.75) is 12.8 Å². The van der Waals surface area contributed by atoms with Gasteiger partial charge in [-0.3, -0.25) is 0 Å². The molecule has 0 aliphatic carbocycles. The molecule has 1 N–H and O–H groups in total. The maximum atomic E-state index is 5.77. The molecule has 1 saturated heterocycles. The van der Waals surface area contributed by atoms with Crippen LogP contribution in [0.25, 0.3) is 0 Å². The molecule has 0 radical (unpaired) electrons. The molecule has 0 bridgehead atoms. The van der Waals surface area contributed by atoms with E-state index in [9.17, 15) is 0 Å². The third kappa shape index (κ3) is 2.42. The summed E-state index contributed by atoms with van der Waals surface area (Å²) in [6, 6.07) is 3.91. The molecule has 84 valence electrons. The van der Waals surface area contributed by atoms with Crippen LogP contribution in [0.3, 0.4) is 0 Å². The van der Waals surface area contributed by atoms with Crippen LogP contribution >= 0.6 is 24.0 Å². The van der Waals surface area contributed by atoms with E-state index in [2.05, 4.69) is 16.5 Å². The lowest BCUT2D eigenvalue weighted by Gasteiger charge is -2.31. The van der Waals surface area contributed by atoms with Gasteiger partial charge in [0.1, 0.15) is 18.2 Å². The second-order valence-electron chi connectivity index (χ2n) is 3.68. The van der Waals surface area contributed by atoms with Crippen LogP contribution in [-0.4, -0.2) is 25.1 Å². The Morgan fingerprint density at radius 2 is 2.00 bits per heavy atom. The molecule has 2 heterocycles. The average Bonchev–Trinajstić information content (AvgIpc) is 2.68. The molecule has 0 aromatic carbocycles. The Kier molecular flexibility index (Phi) is 4.34. The number of halogens is 2. The van der Waals surface area contributed by atoms with Crippen LogP contribution in [0.2, 0.25) is 5.15 Å². The number of aromatic nitrogens is 1.